The van der Waals surface area contributed by atoms with Crippen LogP contribution in [-0.4, -0.2) is 51.2 Å². The van der Waals surface area contributed by atoms with Gasteiger partial charge in [-0.1, -0.05) is 6.07 Å². The van der Waals surface area contributed by atoms with E-state index in [0.717, 1.165) is 19.3 Å². The third-order valence-corrected chi connectivity index (χ3v) is 6.42. The van der Waals surface area contributed by atoms with Crippen LogP contribution in [0.15, 0.2) is 36.7 Å². The first-order chi connectivity index (χ1) is 18.6. The van der Waals surface area contributed by atoms with Crippen LogP contribution in [0.2, 0.25) is 0 Å². The van der Waals surface area contributed by atoms with Gasteiger partial charge in [0.25, 0.3) is 5.91 Å². The number of aliphatic hydroxyl groups is 1. The van der Waals surface area contributed by atoms with Gasteiger partial charge in [0.15, 0.2) is 23.1 Å². The van der Waals surface area contributed by atoms with Crippen molar-refractivity contribution in [2.24, 2.45) is 5.92 Å². The summed E-state index contributed by atoms with van der Waals surface area (Å²) < 4.78 is 27.8. The Bertz CT molecular complexity index is 1410. The van der Waals surface area contributed by atoms with E-state index in [9.17, 15) is 14.7 Å². The molecule has 2 saturated carbocycles. The molecule has 2 aromatic heterocycles. The number of hydrogen-bond acceptors (Lipinski definition) is 9. The zero-order valence-electron chi connectivity index (χ0n) is 22.5. The lowest BCUT2D eigenvalue weighted by Gasteiger charge is -2.36. The van der Waals surface area contributed by atoms with Gasteiger partial charge in [-0.15, -0.1) is 10.2 Å². The van der Waals surface area contributed by atoms with E-state index in [1.807, 2.05) is 5.32 Å². The summed E-state index contributed by atoms with van der Waals surface area (Å²) in [7, 11) is 1.46. The molecule has 186 valence electrons. The van der Waals surface area contributed by atoms with Gasteiger partial charge >= 0.3 is 0 Å². The lowest BCUT2D eigenvalue weighted by Crippen LogP contribution is -2.33. The predicted octanol–water partition coefficient (Wildman–Crippen LogP) is 2.77. The normalized spacial score (nSPS) is 17.6. The number of rotatable bonds is 8. The molecular formula is C25H27N7O4. The maximum Gasteiger partial charge on any atom is 0.273 e. The number of amides is 2. The van der Waals surface area contributed by atoms with Gasteiger partial charge in [0.05, 0.1) is 29.6 Å². The van der Waals surface area contributed by atoms with Crippen molar-refractivity contribution in [3.8, 4) is 17.1 Å². The number of ether oxygens (including phenoxy) is 1. The van der Waals surface area contributed by atoms with E-state index in [4.69, 9.17) is 8.85 Å². The molecule has 11 nitrogen and oxygen atoms in total. The predicted molar refractivity (Wildman–Crippen MR) is 132 cm³/mol. The van der Waals surface area contributed by atoms with Gasteiger partial charge in [0.1, 0.15) is 0 Å². The number of nitrogens with zero attached hydrogens (tertiary/aromatic N) is 4. The Kier molecular flexibility index (Phi) is 5.31. The summed E-state index contributed by atoms with van der Waals surface area (Å²) >= 11 is 0. The molecule has 3 aromatic rings. The maximum atomic E-state index is 12.7. The minimum absolute atomic E-state index is 0.0880. The van der Waals surface area contributed by atoms with Gasteiger partial charge < -0.3 is 25.8 Å². The van der Waals surface area contributed by atoms with Crippen molar-refractivity contribution < 1.29 is 23.5 Å². The lowest BCUT2D eigenvalue weighted by atomic mass is 9.76. The van der Waals surface area contributed by atoms with Crippen LogP contribution in [0.25, 0.3) is 11.4 Å². The molecule has 0 radical (unpaired) electrons. The molecule has 0 atom stereocenters. The van der Waals surface area contributed by atoms with Crippen LogP contribution < -0.4 is 20.7 Å². The molecule has 0 saturated heterocycles. The Balaban J connectivity index is 1.48. The largest absolute Gasteiger partial charge is 0.494 e. The van der Waals surface area contributed by atoms with Crippen LogP contribution in [0.3, 0.4) is 0 Å². The SMILES string of the molecule is [2H]C([2H])([2H])NC(=O)c1nnc(NC(=O)C2CC2)cc1Nc1cccc(-c2ncc(C3(O)CCC3)cn2)c1OC. The number of anilines is 3. The molecule has 5 rings (SSSR count). The molecule has 2 amide bonds. The van der Waals surface area contributed by atoms with E-state index in [-0.39, 0.29) is 29.0 Å². The maximum absolute atomic E-state index is 12.7. The second kappa shape index (κ2) is 9.50. The van der Waals surface area contributed by atoms with Crippen molar-refractivity contribution in [1.29, 1.82) is 0 Å². The minimum Gasteiger partial charge on any atom is -0.494 e. The van der Waals surface area contributed by atoms with Crippen LogP contribution in [-0.2, 0) is 10.4 Å². The molecule has 0 spiro atoms. The average molecular weight is 493 g/mol. The average Bonchev–Trinajstić information content (AvgIpc) is 3.72. The van der Waals surface area contributed by atoms with Crippen LogP contribution in [0.4, 0.5) is 17.2 Å². The van der Waals surface area contributed by atoms with Crippen molar-refractivity contribution in [2.45, 2.75) is 37.7 Å². The van der Waals surface area contributed by atoms with E-state index >= 15 is 0 Å². The fraction of sp³-hybridized carbons (Fsp3) is 0.360. The van der Waals surface area contributed by atoms with Crippen molar-refractivity contribution >= 4 is 29.0 Å². The van der Waals surface area contributed by atoms with Crippen LogP contribution in [0.1, 0.15) is 52.3 Å². The summed E-state index contributed by atoms with van der Waals surface area (Å²) in [5.41, 5.74) is 0.495. The molecule has 2 heterocycles. The number of carbonyl (C=O) groups excluding carboxylic acids is 2. The summed E-state index contributed by atoms with van der Waals surface area (Å²) in [6, 6.07) is 6.56. The minimum atomic E-state index is -2.75. The molecule has 0 aliphatic heterocycles. The zero-order valence-corrected chi connectivity index (χ0v) is 19.5. The first-order valence-corrected chi connectivity index (χ1v) is 11.6. The van der Waals surface area contributed by atoms with Crippen LogP contribution >= 0.6 is 0 Å². The Morgan fingerprint density at radius 1 is 1.17 bits per heavy atom. The Labute approximate surface area is 211 Å². The Morgan fingerprint density at radius 3 is 2.58 bits per heavy atom. The Morgan fingerprint density at radius 2 is 1.94 bits per heavy atom. The Hall–Kier alpha value is -4.12. The summed E-state index contributed by atoms with van der Waals surface area (Å²) in [6.45, 7) is -2.75. The highest BCUT2D eigenvalue weighted by Crippen LogP contribution is 2.41. The summed E-state index contributed by atoms with van der Waals surface area (Å²) in [5.74, 6) is -0.477. The summed E-state index contributed by atoms with van der Waals surface area (Å²) in [6.07, 6.45) is 7.05. The standard InChI is InChI=1S/C25H27N7O4/c1-26-24(34)20-18(11-19(31-32-20)30-23(33)14-7-8-14)29-17-6-3-5-16(21(17)36-2)22-27-12-15(13-28-22)25(35)9-4-10-25/h3,5-6,11-14,35H,4,7-10H2,1-2H3,(H,26,34)(H2,29,30,31,33)/i1D3. The number of carbonyl (C=O) groups is 2. The fourth-order valence-electron chi connectivity index (χ4n) is 4.03. The van der Waals surface area contributed by atoms with Gasteiger partial charge in [-0.2, -0.15) is 0 Å². The third kappa shape index (κ3) is 4.57. The topological polar surface area (TPSA) is 151 Å². The highest BCUT2D eigenvalue weighted by atomic mass is 16.5. The molecule has 2 fully saturated rings. The van der Waals surface area contributed by atoms with Gasteiger partial charge in [0.2, 0.25) is 5.91 Å². The first kappa shape index (κ1) is 20.1. The zero-order chi connectivity index (χ0) is 27.8. The van der Waals surface area contributed by atoms with E-state index in [2.05, 4.69) is 30.8 Å². The van der Waals surface area contributed by atoms with Crippen molar-refractivity contribution in [1.82, 2.24) is 25.5 Å². The first-order valence-electron chi connectivity index (χ1n) is 13.1. The fourth-order valence-corrected chi connectivity index (χ4v) is 4.03. The molecule has 0 bridgehead atoms. The second-order valence-electron chi connectivity index (χ2n) is 8.90. The monoisotopic (exact) mass is 492 g/mol. The van der Waals surface area contributed by atoms with E-state index in [0.29, 0.717) is 41.2 Å². The number of benzene rings is 1. The van der Waals surface area contributed by atoms with Gasteiger partial charge in [0, 0.05) is 41.0 Å². The van der Waals surface area contributed by atoms with Crippen LogP contribution in [0.5, 0.6) is 5.75 Å². The second-order valence-corrected chi connectivity index (χ2v) is 8.90. The number of methoxy groups -OCH3 is 1. The number of hydrogen-bond donors (Lipinski definition) is 4. The van der Waals surface area contributed by atoms with E-state index < -0.39 is 18.5 Å². The summed E-state index contributed by atoms with van der Waals surface area (Å²) in [4.78, 5) is 33.9. The molecule has 2 aliphatic carbocycles. The molecule has 0 unspecified atom stereocenters. The smallest absolute Gasteiger partial charge is 0.273 e. The van der Waals surface area contributed by atoms with Crippen LogP contribution in [0, 0.1) is 5.92 Å². The van der Waals surface area contributed by atoms with E-state index in [1.165, 1.54) is 13.2 Å². The molecule has 4 N–H and O–H groups in total. The molecule has 1 aromatic carbocycles. The highest BCUT2D eigenvalue weighted by Gasteiger charge is 2.37. The number of nitrogens with one attached hydrogen (secondary N) is 3. The van der Waals surface area contributed by atoms with Crippen molar-refractivity contribution in [2.75, 3.05) is 24.7 Å². The summed E-state index contributed by atoms with van der Waals surface area (Å²) in [5, 5.41) is 26.0. The molecule has 36 heavy (non-hydrogen) atoms. The number of aromatic nitrogens is 4. The van der Waals surface area contributed by atoms with E-state index in [1.54, 1.807) is 30.6 Å². The van der Waals surface area contributed by atoms with Gasteiger partial charge in [-0.3, -0.25) is 9.59 Å². The molecule has 11 heteroatoms. The highest BCUT2D eigenvalue weighted by molar-refractivity contribution is 6.00. The van der Waals surface area contributed by atoms with Gasteiger partial charge in [-0.05, 0) is 44.2 Å². The lowest BCUT2D eigenvalue weighted by molar-refractivity contribution is -0.117. The molecular weight excluding hydrogens is 462 g/mol. The number of para-hydroxylation sites is 1. The molecule has 2 aliphatic rings. The van der Waals surface area contributed by atoms with Crippen molar-refractivity contribution in [3.05, 3.63) is 47.9 Å². The third-order valence-electron chi connectivity index (χ3n) is 6.42. The quantitative estimate of drug-likeness (QED) is 0.372. The van der Waals surface area contributed by atoms with Crippen molar-refractivity contribution in [3.63, 3.8) is 0 Å². The van der Waals surface area contributed by atoms with Gasteiger partial charge in [-0.25, -0.2) is 9.97 Å².